The highest BCUT2D eigenvalue weighted by molar-refractivity contribution is 7.80. The Balaban J connectivity index is 3.45. The molecule has 11 heteroatoms. The summed E-state index contributed by atoms with van der Waals surface area (Å²) in [4.78, 5) is 53.1. The maximum absolute atomic E-state index is 13.9. The van der Waals surface area contributed by atoms with Gasteiger partial charge in [0.2, 0.25) is 11.8 Å². The molecule has 0 aromatic heterocycles. The van der Waals surface area contributed by atoms with Crippen molar-refractivity contribution in [1.82, 2.24) is 15.5 Å². The summed E-state index contributed by atoms with van der Waals surface area (Å²) < 4.78 is 10.2. The number of rotatable bonds is 12. The van der Waals surface area contributed by atoms with Gasteiger partial charge in [-0.25, -0.2) is 4.79 Å². The number of phenolic OH excluding ortho intramolecular Hbond substituents is 1. The van der Waals surface area contributed by atoms with E-state index in [0.717, 1.165) is 0 Å². The molecule has 2 unspecified atom stereocenters. The Bertz CT molecular complexity index is 946. The first-order valence-electron chi connectivity index (χ1n) is 12.3. The number of phenols is 1. The van der Waals surface area contributed by atoms with Gasteiger partial charge >= 0.3 is 12.1 Å². The Labute approximate surface area is 224 Å². The van der Waals surface area contributed by atoms with E-state index in [9.17, 15) is 24.3 Å². The zero-order valence-corrected chi connectivity index (χ0v) is 23.7. The number of thiol groups is 1. The molecule has 1 aromatic rings. The number of aromatic hydroxyl groups is 1. The van der Waals surface area contributed by atoms with E-state index in [1.807, 2.05) is 6.92 Å². The minimum absolute atomic E-state index is 0.00623. The van der Waals surface area contributed by atoms with Gasteiger partial charge in [0.25, 0.3) is 0 Å². The SMILES string of the molecule is CCOC(=O)CCNC(=O)C(c1cccc(O)c1)N(C(=O)C(CS)NC(=O)OC(C)(C)C)C(C)(C)CC. The molecular formula is C26H41N3O7S. The second-order valence-corrected chi connectivity index (χ2v) is 10.5. The maximum atomic E-state index is 13.9. The molecule has 0 saturated carbocycles. The van der Waals surface area contributed by atoms with E-state index in [-0.39, 0.29) is 31.1 Å². The molecule has 0 aliphatic heterocycles. The summed E-state index contributed by atoms with van der Waals surface area (Å²) in [7, 11) is 0. The Morgan fingerprint density at radius 3 is 2.27 bits per heavy atom. The van der Waals surface area contributed by atoms with Gasteiger partial charge in [-0.2, -0.15) is 12.6 Å². The van der Waals surface area contributed by atoms with Gasteiger partial charge in [-0.15, -0.1) is 0 Å². The van der Waals surface area contributed by atoms with Crippen molar-refractivity contribution in [2.75, 3.05) is 18.9 Å². The molecule has 3 N–H and O–H groups in total. The van der Waals surface area contributed by atoms with E-state index in [1.54, 1.807) is 53.7 Å². The van der Waals surface area contributed by atoms with Crippen LogP contribution in [0.3, 0.4) is 0 Å². The highest BCUT2D eigenvalue weighted by atomic mass is 32.1. The molecule has 0 bridgehead atoms. The fourth-order valence-corrected chi connectivity index (χ4v) is 3.73. The Morgan fingerprint density at radius 1 is 1.11 bits per heavy atom. The average Bonchev–Trinajstić information content (AvgIpc) is 2.79. The second-order valence-electron chi connectivity index (χ2n) is 10.1. The minimum Gasteiger partial charge on any atom is -0.508 e. The van der Waals surface area contributed by atoms with Crippen molar-refractivity contribution in [2.24, 2.45) is 0 Å². The highest BCUT2D eigenvalue weighted by Crippen LogP contribution is 2.33. The van der Waals surface area contributed by atoms with Crippen molar-refractivity contribution in [3.8, 4) is 5.75 Å². The molecule has 1 rings (SSSR count). The smallest absolute Gasteiger partial charge is 0.408 e. The third-order valence-electron chi connectivity index (χ3n) is 5.55. The van der Waals surface area contributed by atoms with Crippen LogP contribution in [0, 0.1) is 0 Å². The molecule has 37 heavy (non-hydrogen) atoms. The second kappa shape index (κ2) is 14.1. The molecule has 0 heterocycles. The van der Waals surface area contributed by atoms with Crippen LogP contribution in [-0.4, -0.2) is 70.0 Å². The van der Waals surface area contributed by atoms with Crippen molar-refractivity contribution >= 4 is 36.5 Å². The van der Waals surface area contributed by atoms with E-state index in [1.165, 1.54) is 17.0 Å². The summed E-state index contributed by atoms with van der Waals surface area (Å²) >= 11 is 4.27. The molecular weight excluding hydrogens is 498 g/mol. The molecule has 0 radical (unpaired) electrons. The quantitative estimate of drug-likeness (QED) is 0.236. The Morgan fingerprint density at radius 2 is 1.76 bits per heavy atom. The molecule has 2 atom stereocenters. The van der Waals surface area contributed by atoms with Crippen LogP contribution in [0.2, 0.25) is 0 Å². The van der Waals surface area contributed by atoms with E-state index in [2.05, 4.69) is 23.3 Å². The van der Waals surface area contributed by atoms with Crippen molar-refractivity contribution in [3.63, 3.8) is 0 Å². The highest BCUT2D eigenvalue weighted by Gasteiger charge is 2.43. The fraction of sp³-hybridized carbons (Fsp3) is 0.615. The van der Waals surface area contributed by atoms with Gasteiger partial charge in [0.15, 0.2) is 0 Å². The molecule has 3 amide bonds. The third kappa shape index (κ3) is 10.1. The molecule has 0 fully saturated rings. The molecule has 208 valence electrons. The summed E-state index contributed by atoms with van der Waals surface area (Å²) in [5.74, 6) is -1.70. The molecule has 1 aromatic carbocycles. The average molecular weight is 540 g/mol. The minimum atomic E-state index is -1.18. The zero-order valence-electron chi connectivity index (χ0n) is 22.8. The number of ether oxygens (including phenoxy) is 2. The third-order valence-corrected chi connectivity index (χ3v) is 5.92. The van der Waals surface area contributed by atoms with Gasteiger partial charge in [0, 0.05) is 17.8 Å². The van der Waals surface area contributed by atoms with Crippen LogP contribution in [0.1, 0.15) is 72.9 Å². The Hall–Kier alpha value is -2.95. The monoisotopic (exact) mass is 539 g/mol. The van der Waals surface area contributed by atoms with Crippen LogP contribution in [0.25, 0.3) is 0 Å². The topological polar surface area (TPSA) is 134 Å². The van der Waals surface area contributed by atoms with Crippen LogP contribution >= 0.6 is 12.6 Å². The lowest BCUT2D eigenvalue weighted by Gasteiger charge is -2.44. The fourth-order valence-electron chi connectivity index (χ4n) is 3.48. The number of hydrogen-bond donors (Lipinski definition) is 4. The number of carbonyl (C=O) groups excluding carboxylic acids is 4. The predicted octanol–water partition coefficient (Wildman–Crippen LogP) is 3.34. The van der Waals surface area contributed by atoms with Crippen LogP contribution < -0.4 is 10.6 Å². The first kappa shape index (κ1) is 32.1. The number of amides is 3. The number of hydrogen-bond acceptors (Lipinski definition) is 8. The first-order chi connectivity index (χ1) is 17.2. The summed E-state index contributed by atoms with van der Waals surface area (Å²) in [6.07, 6.45) is -0.366. The van der Waals surface area contributed by atoms with Crippen LogP contribution in [-0.2, 0) is 23.9 Å². The van der Waals surface area contributed by atoms with Gasteiger partial charge < -0.3 is 30.1 Å². The van der Waals surface area contributed by atoms with Crippen LogP contribution in [0.4, 0.5) is 4.79 Å². The standard InChI is InChI=1S/C26H41N3O7S/c1-8-26(6,7)29(23(33)19(16-37)28-24(34)36-25(3,4)5)21(17-11-10-12-18(30)15-17)22(32)27-14-13-20(31)35-9-2/h10-12,15,19,21,30,37H,8-9,13-14,16H2,1-7H3,(H,27,32)(H,28,34). The van der Waals surface area contributed by atoms with E-state index in [0.29, 0.717) is 12.0 Å². The summed E-state index contributed by atoms with van der Waals surface area (Å²) in [5, 5.41) is 15.4. The lowest BCUT2D eigenvalue weighted by atomic mass is 9.92. The van der Waals surface area contributed by atoms with E-state index < -0.39 is 47.1 Å². The first-order valence-corrected chi connectivity index (χ1v) is 13.0. The van der Waals surface area contributed by atoms with Gasteiger partial charge in [-0.05, 0) is 65.7 Å². The number of nitrogens with one attached hydrogen (secondary N) is 2. The lowest BCUT2D eigenvalue weighted by molar-refractivity contribution is -0.149. The number of benzene rings is 1. The zero-order chi connectivity index (χ0) is 28.4. The van der Waals surface area contributed by atoms with Crippen molar-refractivity contribution in [2.45, 2.75) is 84.5 Å². The van der Waals surface area contributed by atoms with Crippen molar-refractivity contribution < 1.29 is 33.8 Å². The molecule has 0 saturated heterocycles. The number of esters is 1. The maximum Gasteiger partial charge on any atom is 0.408 e. The molecule has 0 spiro atoms. The van der Waals surface area contributed by atoms with Crippen molar-refractivity contribution in [3.05, 3.63) is 29.8 Å². The largest absolute Gasteiger partial charge is 0.508 e. The molecule has 10 nitrogen and oxygen atoms in total. The molecule has 0 aliphatic rings. The van der Waals surface area contributed by atoms with Gasteiger partial charge in [-0.1, -0.05) is 19.1 Å². The lowest BCUT2D eigenvalue weighted by Crippen LogP contribution is -2.60. The van der Waals surface area contributed by atoms with E-state index >= 15 is 0 Å². The van der Waals surface area contributed by atoms with E-state index in [4.69, 9.17) is 9.47 Å². The molecule has 0 aliphatic carbocycles. The number of nitrogens with zero attached hydrogens (tertiary/aromatic N) is 1. The summed E-state index contributed by atoms with van der Waals surface area (Å²) in [5.41, 5.74) is -1.28. The normalized spacial score (nSPS) is 13.2. The summed E-state index contributed by atoms with van der Waals surface area (Å²) in [6, 6.07) is 3.77. The van der Waals surface area contributed by atoms with Crippen molar-refractivity contribution in [1.29, 1.82) is 0 Å². The number of carbonyl (C=O) groups is 4. The Kier molecular flexibility index (Phi) is 12.2. The predicted molar refractivity (Wildman–Crippen MR) is 143 cm³/mol. The summed E-state index contributed by atoms with van der Waals surface area (Å²) in [6.45, 7) is 12.5. The van der Waals surface area contributed by atoms with Gasteiger partial charge in [0.1, 0.15) is 23.4 Å². The van der Waals surface area contributed by atoms with Gasteiger partial charge in [0.05, 0.1) is 13.0 Å². The van der Waals surface area contributed by atoms with Gasteiger partial charge in [-0.3, -0.25) is 14.4 Å². The number of alkyl carbamates (subject to hydrolysis) is 1. The van der Waals surface area contributed by atoms with Crippen LogP contribution in [0.15, 0.2) is 24.3 Å². The van der Waals surface area contributed by atoms with Crippen LogP contribution in [0.5, 0.6) is 5.75 Å².